The molecule has 29 heavy (non-hydrogen) atoms. The number of nitrogens with one attached hydrogen (secondary N) is 1. The van der Waals surface area contributed by atoms with E-state index in [1.165, 1.54) is 11.3 Å². The van der Waals surface area contributed by atoms with E-state index in [-0.39, 0.29) is 18.4 Å². The standard InChI is InChI=1S/C20H27N5O3S/c1-13(2)16-17(18(26)22-12-14(3)19(27)28)29-20(23-16)25-10-8-24(9-11-25)15-4-6-21-7-5-15/h4-7,13-14H,8-12H2,1-3H3,(H,22,26)(H,27,28). The molecule has 0 aliphatic carbocycles. The number of carbonyl (C=O) groups excluding carboxylic acids is 1. The second-order valence-corrected chi connectivity index (χ2v) is 8.47. The second kappa shape index (κ2) is 9.21. The maximum absolute atomic E-state index is 12.7. The van der Waals surface area contributed by atoms with Gasteiger partial charge in [0.2, 0.25) is 0 Å². The average Bonchev–Trinajstić information content (AvgIpc) is 3.18. The van der Waals surface area contributed by atoms with E-state index in [1.807, 2.05) is 26.0 Å². The third-order valence-corrected chi connectivity index (χ3v) is 6.09. The van der Waals surface area contributed by atoms with Gasteiger partial charge < -0.3 is 20.2 Å². The summed E-state index contributed by atoms with van der Waals surface area (Å²) in [6, 6.07) is 4.02. The maximum Gasteiger partial charge on any atom is 0.308 e. The fourth-order valence-electron chi connectivity index (χ4n) is 3.13. The number of rotatable bonds is 7. The third kappa shape index (κ3) is 5.03. The molecule has 1 fully saturated rings. The molecule has 1 aliphatic rings. The Kier molecular flexibility index (Phi) is 6.68. The largest absolute Gasteiger partial charge is 0.481 e. The minimum Gasteiger partial charge on any atom is -0.481 e. The maximum atomic E-state index is 12.7. The predicted molar refractivity (Wildman–Crippen MR) is 114 cm³/mol. The summed E-state index contributed by atoms with van der Waals surface area (Å²) < 4.78 is 0. The fraction of sp³-hybridized carbons (Fsp3) is 0.500. The lowest BCUT2D eigenvalue weighted by Gasteiger charge is -2.35. The molecule has 2 aromatic heterocycles. The van der Waals surface area contributed by atoms with Gasteiger partial charge in [-0.3, -0.25) is 14.6 Å². The quantitative estimate of drug-likeness (QED) is 0.714. The van der Waals surface area contributed by atoms with Crippen molar-refractivity contribution in [3.8, 4) is 0 Å². The average molecular weight is 418 g/mol. The zero-order valence-electron chi connectivity index (χ0n) is 17.0. The molecular weight excluding hydrogens is 390 g/mol. The number of carboxylic acid groups (broad SMARTS) is 1. The number of piperazine rings is 1. The first-order chi connectivity index (χ1) is 13.9. The van der Waals surface area contributed by atoms with E-state index in [0.29, 0.717) is 4.88 Å². The van der Waals surface area contributed by atoms with E-state index in [1.54, 1.807) is 19.3 Å². The van der Waals surface area contributed by atoms with Crippen molar-refractivity contribution in [1.82, 2.24) is 15.3 Å². The Morgan fingerprint density at radius 1 is 1.14 bits per heavy atom. The number of aliphatic carboxylic acids is 1. The molecule has 9 heteroatoms. The number of pyridine rings is 1. The van der Waals surface area contributed by atoms with Crippen LogP contribution in [0.5, 0.6) is 0 Å². The Balaban J connectivity index is 1.68. The highest BCUT2D eigenvalue weighted by Gasteiger charge is 2.26. The summed E-state index contributed by atoms with van der Waals surface area (Å²) in [4.78, 5) is 37.6. The van der Waals surface area contributed by atoms with Crippen molar-refractivity contribution in [3.63, 3.8) is 0 Å². The van der Waals surface area contributed by atoms with Gasteiger partial charge in [-0.15, -0.1) is 0 Å². The molecule has 1 amide bonds. The van der Waals surface area contributed by atoms with Gasteiger partial charge in [0.15, 0.2) is 5.13 Å². The van der Waals surface area contributed by atoms with Crippen LogP contribution in [0.1, 0.15) is 42.1 Å². The molecule has 3 heterocycles. The Morgan fingerprint density at radius 3 is 2.34 bits per heavy atom. The minimum absolute atomic E-state index is 0.101. The molecule has 0 radical (unpaired) electrons. The van der Waals surface area contributed by atoms with Gasteiger partial charge in [-0.2, -0.15) is 0 Å². The highest BCUT2D eigenvalue weighted by atomic mass is 32.1. The number of amides is 1. The molecule has 1 atom stereocenters. The Labute approximate surface area is 174 Å². The predicted octanol–water partition coefficient (Wildman–Crippen LogP) is 2.44. The normalized spacial score (nSPS) is 15.4. The lowest BCUT2D eigenvalue weighted by molar-refractivity contribution is -0.140. The molecule has 2 aromatic rings. The topological polar surface area (TPSA) is 98.7 Å². The monoisotopic (exact) mass is 417 g/mol. The number of hydrogen-bond donors (Lipinski definition) is 2. The van der Waals surface area contributed by atoms with Crippen LogP contribution in [0.15, 0.2) is 24.5 Å². The molecule has 0 aromatic carbocycles. The van der Waals surface area contributed by atoms with Crippen molar-refractivity contribution in [2.24, 2.45) is 5.92 Å². The Morgan fingerprint density at radius 2 is 1.76 bits per heavy atom. The summed E-state index contributed by atoms with van der Waals surface area (Å²) in [5.41, 5.74) is 1.93. The van der Waals surface area contributed by atoms with Gasteiger partial charge in [-0.25, -0.2) is 4.98 Å². The summed E-state index contributed by atoms with van der Waals surface area (Å²) in [5, 5.41) is 12.6. The smallest absolute Gasteiger partial charge is 0.308 e. The van der Waals surface area contributed by atoms with E-state index < -0.39 is 11.9 Å². The van der Waals surface area contributed by atoms with Crippen LogP contribution in [0.3, 0.4) is 0 Å². The molecule has 2 N–H and O–H groups in total. The molecule has 0 bridgehead atoms. The molecule has 1 saturated heterocycles. The van der Waals surface area contributed by atoms with E-state index >= 15 is 0 Å². The van der Waals surface area contributed by atoms with E-state index in [9.17, 15) is 9.59 Å². The summed E-state index contributed by atoms with van der Waals surface area (Å²) in [5.74, 6) is -1.70. The number of thiazole rings is 1. The fourth-order valence-corrected chi connectivity index (χ4v) is 4.32. The minimum atomic E-state index is -0.925. The van der Waals surface area contributed by atoms with Crippen molar-refractivity contribution in [2.45, 2.75) is 26.7 Å². The lowest BCUT2D eigenvalue weighted by Crippen LogP contribution is -2.46. The van der Waals surface area contributed by atoms with Crippen LogP contribution < -0.4 is 15.1 Å². The molecule has 0 saturated carbocycles. The van der Waals surface area contributed by atoms with E-state index in [2.05, 4.69) is 20.1 Å². The van der Waals surface area contributed by atoms with Crippen LogP contribution in [0.25, 0.3) is 0 Å². The van der Waals surface area contributed by atoms with Crippen molar-refractivity contribution >= 4 is 34.0 Å². The van der Waals surface area contributed by atoms with Crippen LogP contribution in [-0.2, 0) is 4.79 Å². The Hall–Kier alpha value is -2.68. The van der Waals surface area contributed by atoms with E-state index in [0.717, 1.165) is 42.7 Å². The van der Waals surface area contributed by atoms with Crippen LogP contribution in [0.2, 0.25) is 0 Å². The van der Waals surface area contributed by atoms with Crippen molar-refractivity contribution in [3.05, 3.63) is 35.1 Å². The summed E-state index contributed by atoms with van der Waals surface area (Å²) in [7, 11) is 0. The van der Waals surface area contributed by atoms with Crippen molar-refractivity contribution in [2.75, 3.05) is 42.5 Å². The van der Waals surface area contributed by atoms with Gasteiger partial charge in [0.25, 0.3) is 5.91 Å². The third-order valence-electron chi connectivity index (χ3n) is 4.96. The molecule has 1 aliphatic heterocycles. The number of hydrogen-bond acceptors (Lipinski definition) is 7. The van der Waals surface area contributed by atoms with Crippen LogP contribution >= 0.6 is 11.3 Å². The summed E-state index contributed by atoms with van der Waals surface area (Å²) >= 11 is 1.39. The zero-order valence-corrected chi connectivity index (χ0v) is 17.8. The van der Waals surface area contributed by atoms with Crippen LogP contribution in [-0.4, -0.2) is 59.7 Å². The van der Waals surface area contributed by atoms with Gasteiger partial charge in [0.1, 0.15) is 4.88 Å². The molecule has 1 unspecified atom stereocenters. The summed E-state index contributed by atoms with van der Waals surface area (Å²) in [6.45, 7) is 9.09. The van der Waals surface area contributed by atoms with Crippen molar-refractivity contribution in [1.29, 1.82) is 0 Å². The number of carboxylic acids is 1. The van der Waals surface area contributed by atoms with Gasteiger partial charge in [0, 0.05) is 50.8 Å². The van der Waals surface area contributed by atoms with Gasteiger partial charge >= 0.3 is 5.97 Å². The second-order valence-electron chi connectivity index (χ2n) is 7.49. The van der Waals surface area contributed by atoms with Gasteiger partial charge in [-0.05, 0) is 18.1 Å². The Bertz CT molecular complexity index is 847. The van der Waals surface area contributed by atoms with Gasteiger partial charge in [-0.1, -0.05) is 32.1 Å². The zero-order chi connectivity index (χ0) is 21.0. The molecular formula is C20H27N5O3S. The number of aromatic nitrogens is 2. The first-order valence-corrected chi connectivity index (χ1v) is 10.6. The first kappa shape index (κ1) is 21.0. The van der Waals surface area contributed by atoms with Gasteiger partial charge in [0.05, 0.1) is 11.6 Å². The highest BCUT2D eigenvalue weighted by molar-refractivity contribution is 7.17. The molecule has 0 spiro atoms. The van der Waals surface area contributed by atoms with Crippen LogP contribution in [0.4, 0.5) is 10.8 Å². The number of carbonyl (C=O) groups is 2. The highest BCUT2D eigenvalue weighted by Crippen LogP contribution is 2.31. The molecule has 3 rings (SSSR count). The lowest BCUT2D eigenvalue weighted by atomic mass is 10.1. The molecule has 156 valence electrons. The van der Waals surface area contributed by atoms with E-state index in [4.69, 9.17) is 10.1 Å². The number of anilines is 2. The number of nitrogens with zero attached hydrogens (tertiary/aromatic N) is 4. The first-order valence-electron chi connectivity index (χ1n) is 9.78. The van der Waals surface area contributed by atoms with Crippen LogP contribution in [0, 0.1) is 5.92 Å². The molecule has 8 nitrogen and oxygen atoms in total. The van der Waals surface area contributed by atoms with Crippen molar-refractivity contribution < 1.29 is 14.7 Å². The summed E-state index contributed by atoms with van der Waals surface area (Å²) in [6.07, 6.45) is 3.60. The SMILES string of the molecule is CC(CNC(=O)c1sc(N2CCN(c3ccncc3)CC2)nc1C(C)C)C(=O)O.